The van der Waals surface area contributed by atoms with Crippen molar-refractivity contribution in [1.29, 1.82) is 0 Å². The van der Waals surface area contributed by atoms with Crippen molar-refractivity contribution in [2.75, 3.05) is 54.0 Å². The zero-order valence-electron chi connectivity index (χ0n) is 16.4. The van der Waals surface area contributed by atoms with Crippen molar-refractivity contribution in [3.05, 3.63) is 0 Å². The minimum absolute atomic E-state index is 0.224. The highest BCUT2D eigenvalue weighted by Gasteiger charge is 2.53. The van der Waals surface area contributed by atoms with Gasteiger partial charge >= 0.3 is 11.9 Å². The van der Waals surface area contributed by atoms with Crippen LogP contribution in [0.1, 0.15) is 20.3 Å². The summed E-state index contributed by atoms with van der Waals surface area (Å²) < 4.78 is 7.25. The van der Waals surface area contributed by atoms with Crippen molar-refractivity contribution in [2.45, 2.75) is 26.3 Å². The molecule has 144 valence electrons. The molecule has 0 bridgehead atoms. The Morgan fingerprint density at radius 1 is 1.15 bits per heavy atom. The molecule has 0 spiro atoms. The van der Waals surface area contributed by atoms with Gasteiger partial charge in [-0.05, 0) is 23.2 Å². The first-order valence-corrected chi connectivity index (χ1v) is 9.31. The number of amidine groups is 2. The van der Waals surface area contributed by atoms with E-state index in [1.807, 2.05) is 4.58 Å². The van der Waals surface area contributed by atoms with Gasteiger partial charge < -0.3 is 4.74 Å². The number of piperidine rings is 1. The smallest absolute Gasteiger partial charge is 0.333 e. The normalized spacial score (nSPS) is 30.2. The van der Waals surface area contributed by atoms with E-state index < -0.39 is 6.04 Å². The fourth-order valence-electron chi connectivity index (χ4n) is 4.34. The summed E-state index contributed by atoms with van der Waals surface area (Å²) in [5.74, 6) is 2.47. The van der Waals surface area contributed by atoms with Crippen molar-refractivity contribution < 1.29 is 18.9 Å². The Bertz CT molecular complexity index is 649. The molecular formula is C18H30N5O3+. The molecular weight excluding hydrogens is 334 g/mol. The lowest BCUT2D eigenvalue weighted by Gasteiger charge is -2.33. The second-order valence-corrected chi connectivity index (χ2v) is 7.85. The van der Waals surface area contributed by atoms with E-state index in [0.717, 1.165) is 18.9 Å². The van der Waals surface area contributed by atoms with Crippen LogP contribution >= 0.6 is 0 Å². The summed E-state index contributed by atoms with van der Waals surface area (Å²) in [4.78, 5) is 34.8. The lowest BCUT2D eigenvalue weighted by atomic mass is 9.92. The number of carbonyl (C=O) groups is 2. The topological polar surface area (TPSA) is 68.5 Å². The molecule has 3 heterocycles. The lowest BCUT2D eigenvalue weighted by Crippen LogP contribution is -2.61. The zero-order chi connectivity index (χ0) is 19.0. The van der Waals surface area contributed by atoms with Gasteiger partial charge in [-0.1, -0.05) is 13.8 Å². The Balaban J connectivity index is 1.89. The minimum Gasteiger partial charge on any atom is -0.381 e. The van der Waals surface area contributed by atoms with E-state index in [9.17, 15) is 9.59 Å². The van der Waals surface area contributed by atoms with Crippen LogP contribution in [0.2, 0.25) is 0 Å². The number of amides is 3. The van der Waals surface area contributed by atoms with Crippen LogP contribution in [0, 0.1) is 11.8 Å². The first-order valence-electron chi connectivity index (χ1n) is 9.31. The molecule has 8 heteroatoms. The van der Waals surface area contributed by atoms with E-state index in [-0.39, 0.29) is 11.9 Å². The van der Waals surface area contributed by atoms with Gasteiger partial charge in [0.1, 0.15) is 13.1 Å². The number of likely N-dealkylation sites (tertiary alicyclic amines) is 1. The molecule has 0 aromatic rings. The van der Waals surface area contributed by atoms with Gasteiger partial charge in [-0.2, -0.15) is 0 Å². The number of fused-ring (bicyclic) bond motifs is 1. The van der Waals surface area contributed by atoms with Gasteiger partial charge in [0.2, 0.25) is 0 Å². The van der Waals surface area contributed by atoms with E-state index in [1.54, 1.807) is 14.2 Å². The predicted molar refractivity (Wildman–Crippen MR) is 98.5 cm³/mol. The molecule has 3 atom stereocenters. The summed E-state index contributed by atoms with van der Waals surface area (Å²) in [5, 5.41) is 0. The average Bonchev–Trinajstić information content (AvgIpc) is 2.93. The van der Waals surface area contributed by atoms with Crippen molar-refractivity contribution in [3.63, 3.8) is 0 Å². The van der Waals surface area contributed by atoms with Crippen LogP contribution in [-0.4, -0.2) is 103 Å². The maximum absolute atomic E-state index is 12.8. The van der Waals surface area contributed by atoms with Crippen LogP contribution in [0.5, 0.6) is 0 Å². The number of ether oxygens (including phenoxy) is 1. The molecule has 0 saturated carbocycles. The van der Waals surface area contributed by atoms with Crippen molar-refractivity contribution in [1.82, 2.24) is 14.7 Å². The Morgan fingerprint density at radius 3 is 2.42 bits per heavy atom. The molecule has 2 fully saturated rings. The largest absolute Gasteiger partial charge is 0.381 e. The van der Waals surface area contributed by atoms with Crippen LogP contribution in [0.4, 0.5) is 4.79 Å². The van der Waals surface area contributed by atoms with Crippen LogP contribution in [0.3, 0.4) is 0 Å². The number of rotatable bonds is 5. The van der Waals surface area contributed by atoms with Gasteiger partial charge in [-0.15, -0.1) is 0 Å². The molecule has 3 unspecified atom stereocenters. The fourth-order valence-corrected chi connectivity index (χ4v) is 4.34. The first kappa shape index (κ1) is 19.0. The van der Waals surface area contributed by atoms with E-state index >= 15 is 0 Å². The molecule has 0 radical (unpaired) electrons. The molecule has 3 amide bonds. The van der Waals surface area contributed by atoms with Crippen LogP contribution in [0.15, 0.2) is 4.99 Å². The second-order valence-electron chi connectivity index (χ2n) is 7.85. The fraction of sp³-hybridized carbons (Fsp3) is 0.778. The summed E-state index contributed by atoms with van der Waals surface area (Å²) in [6, 6.07) is -0.870. The van der Waals surface area contributed by atoms with E-state index in [0.29, 0.717) is 37.4 Å². The van der Waals surface area contributed by atoms with Gasteiger partial charge in [0.15, 0.2) is 0 Å². The van der Waals surface area contributed by atoms with Gasteiger partial charge in [0, 0.05) is 34.3 Å². The highest BCUT2D eigenvalue weighted by atomic mass is 16.5. The number of carbonyl (C=O) groups excluding carboxylic acids is 2. The van der Waals surface area contributed by atoms with Crippen LogP contribution in [-0.2, 0) is 9.53 Å². The Labute approximate surface area is 155 Å². The number of aliphatic imine (C=N–C) groups is 1. The van der Waals surface area contributed by atoms with Crippen LogP contribution in [0.25, 0.3) is 0 Å². The third kappa shape index (κ3) is 3.40. The van der Waals surface area contributed by atoms with Gasteiger partial charge in [0.25, 0.3) is 17.8 Å². The number of methoxy groups -OCH3 is 1. The summed E-state index contributed by atoms with van der Waals surface area (Å²) >= 11 is 0. The Kier molecular flexibility index (Phi) is 5.43. The predicted octanol–water partition coefficient (Wildman–Crippen LogP) is 0.326. The molecule has 0 N–H and O–H groups in total. The van der Waals surface area contributed by atoms with Gasteiger partial charge in [-0.25, -0.2) is 9.37 Å². The SMILES string of the molecule is COCC[N+]1=C(CN2CC(C)CC(C)C2)N=C2C1C(=O)N(C)C(=O)N2C. The molecule has 26 heavy (non-hydrogen) atoms. The average molecular weight is 364 g/mol. The van der Waals surface area contributed by atoms with Crippen molar-refractivity contribution in [2.24, 2.45) is 16.8 Å². The second kappa shape index (κ2) is 7.44. The van der Waals surface area contributed by atoms with Gasteiger partial charge in [-0.3, -0.25) is 19.5 Å². The monoisotopic (exact) mass is 364 g/mol. The molecule has 8 nitrogen and oxygen atoms in total. The standard InChI is InChI=1S/C18H30N5O3/c1-12-8-13(2)10-22(9-12)11-14-19-16-15(23(14)6-7-26-5)17(24)21(4)18(25)20(16)3/h12-13,15H,6-11H2,1-5H3/q+1. The van der Waals surface area contributed by atoms with Crippen LogP contribution < -0.4 is 0 Å². The van der Waals surface area contributed by atoms with Gasteiger partial charge in [0.05, 0.1) is 6.61 Å². The number of hydrogen-bond donors (Lipinski definition) is 0. The third-order valence-corrected chi connectivity index (χ3v) is 5.46. The third-order valence-electron chi connectivity index (χ3n) is 5.46. The number of imide groups is 1. The number of urea groups is 1. The molecule has 3 rings (SSSR count). The Morgan fingerprint density at radius 2 is 1.81 bits per heavy atom. The molecule has 3 aliphatic heterocycles. The quantitative estimate of drug-likeness (QED) is 0.659. The highest BCUT2D eigenvalue weighted by Crippen LogP contribution is 2.23. The summed E-state index contributed by atoms with van der Waals surface area (Å²) in [5.41, 5.74) is 0. The zero-order valence-corrected chi connectivity index (χ0v) is 16.4. The lowest BCUT2D eigenvalue weighted by molar-refractivity contribution is -0.538. The molecule has 3 aliphatic rings. The van der Waals surface area contributed by atoms with E-state index in [1.165, 1.54) is 23.3 Å². The molecule has 0 aromatic carbocycles. The van der Waals surface area contributed by atoms with E-state index in [4.69, 9.17) is 9.73 Å². The molecule has 0 aliphatic carbocycles. The highest BCUT2D eigenvalue weighted by molar-refractivity contribution is 6.23. The summed E-state index contributed by atoms with van der Waals surface area (Å²) in [6.45, 7) is 8.39. The maximum Gasteiger partial charge on any atom is 0.333 e. The van der Waals surface area contributed by atoms with E-state index in [2.05, 4.69) is 18.7 Å². The maximum atomic E-state index is 12.8. The molecule has 0 aromatic heterocycles. The number of hydrogen-bond acceptors (Lipinski definition) is 5. The minimum atomic E-state index is -0.535. The van der Waals surface area contributed by atoms with Crippen molar-refractivity contribution in [3.8, 4) is 0 Å². The first-order chi connectivity index (χ1) is 12.3. The summed E-state index contributed by atoms with van der Waals surface area (Å²) in [6.07, 6.45) is 1.25. The van der Waals surface area contributed by atoms with Crippen molar-refractivity contribution >= 4 is 23.6 Å². The molecule has 2 saturated heterocycles. The number of nitrogens with zero attached hydrogens (tertiary/aromatic N) is 5. The summed E-state index contributed by atoms with van der Waals surface area (Å²) in [7, 11) is 4.86. The Hall–Kier alpha value is -1.80. The number of likely N-dealkylation sites (N-methyl/N-ethyl adjacent to an activating group) is 2.